The first-order chi connectivity index (χ1) is 9.66. The van der Waals surface area contributed by atoms with Gasteiger partial charge >= 0.3 is 0 Å². The molecule has 1 unspecified atom stereocenters. The highest BCUT2D eigenvalue weighted by molar-refractivity contribution is 7.90. The van der Waals surface area contributed by atoms with Crippen molar-refractivity contribution in [2.45, 2.75) is 17.7 Å². The van der Waals surface area contributed by atoms with Crippen molar-refractivity contribution < 1.29 is 17.9 Å². The van der Waals surface area contributed by atoms with E-state index in [1.807, 2.05) is 6.92 Å². The van der Waals surface area contributed by atoms with Gasteiger partial charge in [0.25, 0.3) is 5.91 Å². The van der Waals surface area contributed by atoms with Gasteiger partial charge < -0.3 is 16.2 Å². The maximum Gasteiger partial charge on any atom is 0.280 e. The Morgan fingerprint density at radius 2 is 2.00 bits per heavy atom. The van der Waals surface area contributed by atoms with Crippen molar-refractivity contribution in [3.63, 3.8) is 0 Å². The molecule has 0 fully saturated rings. The molecule has 7 nitrogen and oxygen atoms in total. The Balaban J connectivity index is 3.39. The average Bonchev–Trinajstić information content (AvgIpc) is 2.36. The number of hydrogen-bond acceptors (Lipinski definition) is 4. The van der Waals surface area contributed by atoms with Crippen LogP contribution in [0.3, 0.4) is 0 Å². The monoisotopic (exact) mass is 313 g/mol. The minimum Gasteiger partial charge on any atom is -0.384 e. The molecule has 0 aliphatic carbocycles. The summed E-state index contributed by atoms with van der Waals surface area (Å²) in [5, 5.41) is 0. The highest BCUT2D eigenvalue weighted by atomic mass is 32.2. The molecular formula is C13H19N3O4S. The van der Waals surface area contributed by atoms with Gasteiger partial charge in [-0.05, 0) is 17.7 Å². The smallest absolute Gasteiger partial charge is 0.280 e. The van der Waals surface area contributed by atoms with Crippen molar-refractivity contribution in [3.05, 3.63) is 29.3 Å². The van der Waals surface area contributed by atoms with Crippen LogP contribution in [0.2, 0.25) is 0 Å². The van der Waals surface area contributed by atoms with E-state index in [1.54, 1.807) is 6.07 Å². The first-order valence-corrected chi connectivity index (χ1v) is 8.03. The summed E-state index contributed by atoms with van der Waals surface area (Å²) in [7, 11) is -1.97. The van der Waals surface area contributed by atoms with Crippen LogP contribution in [0.15, 0.2) is 28.1 Å². The number of methoxy groups -OCH3 is 1. The zero-order valence-corrected chi connectivity index (χ0v) is 13.0. The molecule has 0 spiro atoms. The summed E-state index contributed by atoms with van der Waals surface area (Å²) in [5.74, 6) is -1.20. The molecule has 0 saturated heterocycles. The Morgan fingerprint density at radius 1 is 1.38 bits per heavy atom. The maximum absolute atomic E-state index is 11.9. The fraction of sp³-hybridized carbons (Fsp3) is 0.385. The molecule has 0 radical (unpaired) electrons. The van der Waals surface area contributed by atoms with Crippen LogP contribution in [-0.4, -0.2) is 40.3 Å². The predicted octanol–water partition coefficient (Wildman–Crippen LogP) is 0.254. The largest absolute Gasteiger partial charge is 0.384 e. The number of rotatable bonds is 5. The van der Waals surface area contributed by atoms with E-state index in [2.05, 4.69) is 4.99 Å². The number of nitrogens with two attached hydrogens (primary N) is 2. The third kappa shape index (κ3) is 4.54. The molecule has 0 aliphatic heterocycles. The van der Waals surface area contributed by atoms with E-state index in [1.165, 1.54) is 19.2 Å². The van der Waals surface area contributed by atoms with Crippen LogP contribution in [0, 0.1) is 0 Å². The zero-order chi connectivity index (χ0) is 16.2. The molecule has 1 atom stereocenters. The summed E-state index contributed by atoms with van der Waals surface area (Å²) in [6.45, 7) is 2.20. The zero-order valence-electron chi connectivity index (χ0n) is 12.2. The molecule has 1 amide bonds. The molecular weight excluding hydrogens is 294 g/mol. The Morgan fingerprint density at radius 3 is 2.48 bits per heavy atom. The maximum atomic E-state index is 11.9. The molecule has 1 aromatic carbocycles. The summed E-state index contributed by atoms with van der Waals surface area (Å²) >= 11 is 0. The van der Waals surface area contributed by atoms with Crippen molar-refractivity contribution in [2.75, 3.05) is 20.0 Å². The number of nitrogens with zero attached hydrogens (tertiary/aromatic N) is 1. The lowest BCUT2D eigenvalue weighted by atomic mass is 10.0. The van der Waals surface area contributed by atoms with E-state index in [9.17, 15) is 13.2 Å². The molecule has 0 aromatic heterocycles. The first kappa shape index (κ1) is 17.1. The van der Waals surface area contributed by atoms with Crippen molar-refractivity contribution in [1.82, 2.24) is 0 Å². The van der Waals surface area contributed by atoms with Gasteiger partial charge in [0.2, 0.25) is 0 Å². The second-order valence-electron chi connectivity index (χ2n) is 4.72. The molecule has 21 heavy (non-hydrogen) atoms. The lowest BCUT2D eigenvalue weighted by molar-refractivity contribution is 0.100. The average molecular weight is 313 g/mol. The van der Waals surface area contributed by atoms with E-state index in [0.29, 0.717) is 12.2 Å². The van der Waals surface area contributed by atoms with Crippen LogP contribution >= 0.6 is 0 Å². The fourth-order valence-electron chi connectivity index (χ4n) is 1.92. The number of benzene rings is 1. The van der Waals surface area contributed by atoms with E-state index in [4.69, 9.17) is 16.2 Å². The summed E-state index contributed by atoms with van der Waals surface area (Å²) in [5.41, 5.74) is 11.0. The summed E-state index contributed by atoms with van der Waals surface area (Å²) in [6, 6.07) is 4.35. The van der Waals surface area contributed by atoms with Crippen LogP contribution in [0.5, 0.6) is 0 Å². The van der Waals surface area contributed by atoms with Crippen LogP contribution in [-0.2, 0) is 14.6 Å². The van der Waals surface area contributed by atoms with Crippen LogP contribution in [0.4, 0.5) is 0 Å². The van der Waals surface area contributed by atoms with Gasteiger partial charge in [-0.25, -0.2) is 8.42 Å². The minimum atomic E-state index is -3.50. The molecule has 1 aromatic rings. The molecule has 4 N–H and O–H groups in total. The molecule has 0 bridgehead atoms. The van der Waals surface area contributed by atoms with Crippen molar-refractivity contribution >= 4 is 21.7 Å². The highest BCUT2D eigenvalue weighted by Gasteiger charge is 2.20. The van der Waals surface area contributed by atoms with E-state index in [0.717, 1.165) is 6.26 Å². The molecule has 1 rings (SSSR count). The Labute approximate surface area is 123 Å². The number of ether oxygens (including phenoxy) is 1. The van der Waals surface area contributed by atoms with Crippen molar-refractivity contribution in [3.8, 4) is 0 Å². The molecule has 116 valence electrons. The normalized spacial score (nSPS) is 12.7. The van der Waals surface area contributed by atoms with Crippen LogP contribution in [0.25, 0.3) is 0 Å². The lowest BCUT2D eigenvalue weighted by Gasteiger charge is -2.15. The standard InChI is InChI=1S/C13H19N3O4S/c1-8(7-20-2)10-5-4-9(12(17)16-13(14)15)6-11(10)21(3,18)19/h4-6,8H,7H2,1-3H3,(H4,14,15,16,17). The molecule has 0 aliphatic rings. The molecule has 0 saturated carbocycles. The fourth-order valence-corrected chi connectivity index (χ4v) is 2.96. The minimum absolute atomic E-state index is 0.0729. The quantitative estimate of drug-likeness (QED) is 0.593. The number of guanidine groups is 1. The van der Waals surface area contributed by atoms with Gasteiger partial charge in [0, 0.05) is 24.8 Å². The van der Waals surface area contributed by atoms with Gasteiger partial charge in [0.05, 0.1) is 11.5 Å². The van der Waals surface area contributed by atoms with Gasteiger partial charge in [0.15, 0.2) is 15.8 Å². The third-order valence-corrected chi connectivity index (χ3v) is 3.99. The topological polar surface area (TPSA) is 125 Å². The van der Waals surface area contributed by atoms with Crippen LogP contribution in [0.1, 0.15) is 28.8 Å². The summed E-state index contributed by atoms with van der Waals surface area (Å²) in [6.07, 6.45) is 1.08. The van der Waals surface area contributed by atoms with E-state index < -0.39 is 15.7 Å². The van der Waals surface area contributed by atoms with Gasteiger partial charge in [-0.15, -0.1) is 0 Å². The Kier molecular flexibility index (Phi) is 5.45. The van der Waals surface area contributed by atoms with Gasteiger partial charge in [-0.2, -0.15) is 4.99 Å². The van der Waals surface area contributed by atoms with E-state index >= 15 is 0 Å². The number of hydrogen-bond donors (Lipinski definition) is 2. The summed E-state index contributed by atoms with van der Waals surface area (Å²) in [4.78, 5) is 15.2. The van der Waals surface area contributed by atoms with Crippen molar-refractivity contribution in [2.24, 2.45) is 16.5 Å². The molecule has 0 heterocycles. The number of sulfone groups is 1. The number of amides is 1. The second kappa shape index (κ2) is 6.68. The second-order valence-corrected chi connectivity index (χ2v) is 6.71. The molecule has 8 heteroatoms. The van der Waals surface area contributed by atoms with Gasteiger partial charge in [-0.1, -0.05) is 13.0 Å². The first-order valence-electron chi connectivity index (χ1n) is 6.13. The van der Waals surface area contributed by atoms with Crippen molar-refractivity contribution in [1.29, 1.82) is 0 Å². The summed E-state index contributed by atoms with van der Waals surface area (Å²) < 4.78 is 28.9. The lowest BCUT2D eigenvalue weighted by Crippen LogP contribution is -2.24. The van der Waals surface area contributed by atoms with E-state index in [-0.39, 0.29) is 22.3 Å². The Bertz CT molecular complexity index is 664. The third-order valence-electron chi connectivity index (χ3n) is 2.84. The predicted molar refractivity (Wildman–Crippen MR) is 80.0 cm³/mol. The SMILES string of the molecule is COCC(C)c1ccc(C(=O)N=C(N)N)cc1S(C)(=O)=O. The Hall–Kier alpha value is -1.93. The van der Waals surface area contributed by atoms with Gasteiger partial charge in [0.1, 0.15) is 0 Å². The number of carbonyl (C=O) groups is 1. The van der Waals surface area contributed by atoms with Crippen LogP contribution < -0.4 is 11.5 Å². The number of carbonyl (C=O) groups excluding carboxylic acids is 1. The van der Waals surface area contributed by atoms with Gasteiger partial charge in [-0.3, -0.25) is 4.79 Å². The highest BCUT2D eigenvalue weighted by Crippen LogP contribution is 2.26. The number of aliphatic imine (C=N–C) groups is 1.